The molecule has 0 aliphatic rings. The first kappa shape index (κ1) is 8.85. The minimum atomic E-state index is -0.462. The van der Waals surface area contributed by atoms with Gasteiger partial charge in [0.25, 0.3) is 0 Å². The van der Waals surface area contributed by atoms with Crippen LogP contribution < -0.4 is 0 Å². The minimum Gasteiger partial charge on any atom is -0.394 e. The van der Waals surface area contributed by atoms with Gasteiger partial charge in [0.1, 0.15) is 6.67 Å². The van der Waals surface area contributed by atoms with Crippen LogP contribution in [0.4, 0.5) is 4.39 Å². The van der Waals surface area contributed by atoms with Crippen LogP contribution >= 0.6 is 0 Å². The highest BCUT2D eigenvalue weighted by Crippen LogP contribution is 1.96. The zero-order chi connectivity index (χ0) is 7.11. The molecule has 0 spiro atoms. The summed E-state index contributed by atoms with van der Waals surface area (Å²) in [4.78, 5) is 0. The normalized spacial score (nSPS) is 13.7. The van der Waals surface area contributed by atoms with Crippen molar-refractivity contribution in [3.05, 3.63) is 0 Å². The van der Waals surface area contributed by atoms with E-state index < -0.39 is 6.67 Å². The van der Waals surface area contributed by atoms with Gasteiger partial charge in [0.2, 0.25) is 0 Å². The van der Waals surface area contributed by atoms with Gasteiger partial charge in [-0.3, -0.25) is 0 Å². The average molecular weight is 136 g/mol. The Morgan fingerprint density at radius 2 is 2.33 bits per heavy atom. The number of aliphatic hydroxyl groups excluding tert-OH is 1. The molecule has 0 aromatic rings. The van der Waals surface area contributed by atoms with E-state index in [9.17, 15) is 4.39 Å². The lowest BCUT2D eigenvalue weighted by Crippen LogP contribution is -2.16. The maximum atomic E-state index is 11.8. The molecule has 0 fully saturated rings. The second-order valence-corrected chi connectivity index (χ2v) is 1.78. The van der Waals surface area contributed by atoms with Gasteiger partial charge in [0.05, 0.1) is 19.3 Å². The van der Waals surface area contributed by atoms with Crippen molar-refractivity contribution in [2.45, 2.75) is 19.4 Å². The molecule has 0 aromatic heterocycles. The Hall–Kier alpha value is -0.150. The first-order valence-corrected chi connectivity index (χ1v) is 3.13. The predicted molar refractivity (Wildman–Crippen MR) is 33.1 cm³/mol. The molecule has 0 rings (SSSR count). The Morgan fingerprint density at radius 1 is 1.67 bits per heavy atom. The quantitative estimate of drug-likeness (QED) is 0.604. The first-order valence-electron chi connectivity index (χ1n) is 3.13. The van der Waals surface area contributed by atoms with E-state index in [0.717, 1.165) is 0 Å². The van der Waals surface area contributed by atoms with Crippen molar-refractivity contribution in [3.8, 4) is 0 Å². The number of hydrogen-bond acceptors (Lipinski definition) is 2. The molecule has 1 unspecified atom stereocenters. The monoisotopic (exact) mass is 136 g/mol. The van der Waals surface area contributed by atoms with Crippen molar-refractivity contribution in [3.63, 3.8) is 0 Å². The Bertz CT molecular complexity index is 55.0. The maximum absolute atomic E-state index is 11.8. The van der Waals surface area contributed by atoms with Crippen LogP contribution in [-0.2, 0) is 4.74 Å². The predicted octanol–water partition coefficient (Wildman–Crippen LogP) is 0.743. The van der Waals surface area contributed by atoms with Gasteiger partial charge < -0.3 is 9.84 Å². The second-order valence-electron chi connectivity index (χ2n) is 1.78. The third-order valence-corrected chi connectivity index (χ3v) is 1.07. The summed E-state index contributed by atoms with van der Waals surface area (Å²) in [7, 11) is 0. The molecule has 56 valence electrons. The van der Waals surface area contributed by atoms with E-state index in [2.05, 4.69) is 0 Å². The highest BCUT2D eigenvalue weighted by molar-refractivity contribution is 4.50. The van der Waals surface area contributed by atoms with Gasteiger partial charge in [-0.15, -0.1) is 0 Å². The molecule has 1 N–H and O–H groups in total. The van der Waals surface area contributed by atoms with Crippen molar-refractivity contribution >= 4 is 0 Å². The van der Waals surface area contributed by atoms with Gasteiger partial charge >= 0.3 is 0 Å². The van der Waals surface area contributed by atoms with Gasteiger partial charge in [0, 0.05) is 0 Å². The Balaban J connectivity index is 3.09. The van der Waals surface area contributed by atoms with Gasteiger partial charge in [0.15, 0.2) is 0 Å². The van der Waals surface area contributed by atoms with Crippen LogP contribution in [0.2, 0.25) is 0 Å². The van der Waals surface area contributed by atoms with Crippen LogP contribution in [0.15, 0.2) is 0 Å². The van der Waals surface area contributed by atoms with E-state index in [-0.39, 0.29) is 19.3 Å². The summed E-state index contributed by atoms with van der Waals surface area (Å²) in [5, 5.41) is 8.26. The van der Waals surface area contributed by atoms with Crippen molar-refractivity contribution in [1.29, 1.82) is 0 Å². The van der Waals surface area contributed by atoms with E-state index in [1.54, 1.807) is 0 Å². The highest BCUT2D eigenvalue weighted by atomic mass is 19.1. The van der Waals surface area contributed by atoms with E-state index in [0.29, 0.717) is 6.42 Å². The first-order chi connectivity index (χ1) is 4.35. The van der Waals surface area contributed by atoms with Crippen molar-refractivity contribution < 1.29 is 14.2 Å². The van der Waals surface area contributed by atoms with Gasteiger partial charge in [-0.25, -0.2) is 4.39 Å². The number of hydrogen-bond donors (Lipinski definition) is 1. The van der Waals surface area contributed by atoms with Crippen molar-refractivity contribution in [1.82, 2.24) is 0 Å². The number of ether oxygens (including phenoxy) is 1. The van der Waals surface area contributed by atoms with Crippen LogP contribution in [0.1, 0.15) is 13.3 Å². The van der Waals surface area contributed by atoms with Crippen molar-refractivity contribution in [2.24, 2.45) is 0 Å². The summed E-state index contributed by atoms with van der Waals surface area (Å²) in [6.07, 6.45) is 0.341. The number of alkyl halides is 1. The standard InChI is InChI=1S/C6H13FO2/c1-2-6(5-7)9-4-3-8/h6,8H,2-5H2,1H3. The van der Waals surface area contributed by atoms with Crippen LogP contribution in [-0.4, -0.2) is 31.1 Å². The molecular weight excluding hydrogens is 123 g/mol. The molecule has 0 aromatic carbocycles. The fourth-order valence-electron chi connectivity index (χ4n) is 0.491. The molecule has 0 saturated heterocycles. The van der Waals surface area contributed by atoms with E-state index in [1.807, 2.05) is 6.92 Å². The molecule has 0 radical (unpaired) electrons. The Labute approximate surface area is 54.6 Å². The summed E-state index contributed by atoms with van der Waals surface area (Å²) >= 11 is 0. The summed E-state index contributed by atoms with van der Waals surface area (Å²) in [6.45, 7) is 1.59. The minimum absolute atomic E-state index is 0.0312. The molecule has 9 heavy (non-hydrogen) atoms. The van der Waals surface area contributed by atoms with Crippen LogP contribution in [0.5, 0.6) is 0 Å². The summed E-state index contributed by atoms with van der Waals surface area (Å²) < 4.78 is 16.6. The Morgan fingerprint density at radius 3 is 2.67 bits per heavy atom. The zero-order valence-corrected chi connectivity index (χ0v) is 5.64. The van der Waals surface area contributed by atoms with Gasteiger partial charge in [-0.05, 0) is 6.42 Å². The number of rotatable bonds is 5. The van der Waals surface area contributed by atoms with Crippen LogP contribution in [0.25, 0.3) is 0 Å². The molecular formula is C6H13FO2. The lowest BCUT2D eigenvalue weighted by atomic mass is 10.3. The third-order valence-electron chi connectivity index (χ3n) is 1.07. The lowest BCUT2D eigenvalue weighted by Gasteiger charge is -2.09. The molecule has 2 nitrogen and oxygen atoms in total. The second kappa shape index (κ2) is 5.98. The van der Waals surface area contributed by atoms with Crippen LogP contribution in [0, 0.1) is 0 Å². The summed E-state index contributed by atoms with van der Waals surface area (Å²) in [5.74, 6) is 0. The average Bonchev–Trinajstić information content (AvgIpc) is 1.91. The van der Waals surface area contributed by atoms with Gasteiger partial charge in [-0.1, -0.05) is 6.92 Å². The largest absolute Gasteiger partial charge is 0.394 e. The molecule has 0 amide bonds. The fraction of sp³-hybridized carbons (Fsp3) is 1.00. The highest BCUT2D eigenvalue weighted by Gasteiger charge is 2.03. The number of aliphatic hydroxyl groups is 1. The molecule has 0 heterocycles. The van der Waals surface area contributed by atoms with E-state index in [4.69, 9.17) is 9.84 Å². The molecule has 0 aliphatic carbocycles. The van der Waals surface area contributed by atoms with Crippen LogP contribution in [0.3, 0.4) is 0 Å². The fourth-order valence-corrected chi connectivity index (χ4v) is 0.491. The number of halogens is 1. The molecule has 1 atom stereocenters. The lowest BCUT2D eigenvalue weighted by molar-refractivity contribution is 0.0134. The van der Waals surface area contributed by atoms with E-state index >= 15 is 0 Å². The SMILES string of the molecule is CCC(CF)OCCO. The topological polar surface area (TPSA) is 29.5 Å². The maximum Gasteiger partial charge on any atom is 0.116 e. The van der Waals surface area contributed by atoms with Crippen molar-refractivity contribution in [2.75, 3.05) is 19.9 Å². The van der Waals surface area contributed by atoms with E-state index in [1.165, 1.54) is 0 Å². The molecule has 3 heteroatoms. The smallest absolute Gasteiger partial charge is 0.116 e. The van der Waals surface area contributed by atoms with Gasteiger partial charge in [-0.2, -0.15) is 0 Å². The Kier molecular flexibility index (Phi) is 5.88. The zero-order valence-electron chi connectivity index (χ0n) is 5.64. The summed E-state index contributed by atoms with van der Waals surface area (Å²) in [5.41, 5.74) is 0. The molecule has 0 saturated carbocycles. The summed E-state index contributed by atoms with van der Waals surface area (Å²) in [6, 6.07) is 0. The molecule has 0 aliphatic heterocycles. The third kappa shape index (κ3) is 4.36. The molecule has 0 bridgehead atoms.